The topological polar surface area (TPSA) is 61.4 Å². The van der Waals surface area contributed by atoms with Gasteiger partial charge in [-0.1, -0.05) is 48.0 Å². The van der Waals surface area contributed by atoms with Crippen LogP contribution >= 0.6 is 11.6 Å². The first kappa shape index (κ1) is 19.4. The van der Waals surface area contributed by atoms with Crippen molar-refractivity contribution >= 4 is 29.1 Å². The number of carbonyl (C=O) groups excluding carboxylic acids is 2. The van der Waals surface area contributed by atoms with Crippen molar-refractivity contribution in [3.63, 3.8) is 0 Å². The van der Waals surface area contributed by atoms with Crippen LogP contribution in [0.25, 0.3) is 0 Å². The summed E-state index contributed by atoms with van der Waals surface area (Å²) in [6.45, 7) is 2.14. The Morgan fingerprint density at radius 1 is 1.22 bits per heavy atom. The van der Waals surface area contributed by atoms with E-state index in [9.17, 15) is 9.59 Å². The smallest absolute Gasteiger partial charge is 0.249 e. The third-order valence-corrected chi connectivity index (χ3v) is 5.35. The standard InChI is InChI=1S/C21H24ClN3O2/c1-14(23-2)20(26)24-18-12-11-15-7-4-6-10-19(15)25(21(18)27)13-16-8-3-5-9-17(16)22/h3-10,14,18,23H,11-13H2,1-2H3,(H,24,26)/t14-,18?/m0/s1. The van der Waals surface area contributed by atoms with Crippen molar-refractivity contribution in [2.45, 2.75) is 38.4 Å². The van der Waals surface area contributed by atoms with Gasteiger partial charge in [-0.3, -0.25) is 9.59 Å². The van der Waals surface area contributed by atoms with E-state index in [4.69, 9.17) is 11.6 Å². The SMILES string of the molecule is CN[C@@H](C)C(=O)NC1CCc2ccccc2N(Cc2ccccc2Cl)C1=O. The zero-order chi connectivity index (χ0) is 19.4. The van der Waals surface area contributed by atoms with Gasteiger partial charge in [-0.15, -0.1) is 0 Å². The molecule has 2 aromatic carbocycles. The summed E-state index contributed by atoms with van der Waals surface area (Å²) in [6, 6.07) is 14.5. The number of likely N-dealkylation sites (N-methyl/N-ethyl adjacent to an activating group) is 1. The summed E-state index contributed by atoms with van der Waals surface area (Å²) < 4.78 is 0. The first-order valence-electron chi connectivity index (χ1n) is 9.11. The number of hydrogen-bond acceptors (Lipinski definition) is 3. The normalized spacial score (nSPS) is 17.8. The molecule has 0 spiro atoms. The average molecular weight is 386 g/mol. The number of fused-ring (bicyclic) bond motifs is 1. The Morgan fingerprint density at radius 2 is 1.93 bits per heavy atom. The molecule has 0 saturated carbocycles. The Labute approximate surface area is 164 Å². The lowest BCUT2D eigenvalue weighted by molar-refractivity contribution is -0.128. The summed E-state index contributed by atoms with van der Waals surface area (Å²) in [7, 11) is 1.72. The van der Waals surface area contributed by atoms with E-state index in [0.717, 1.165) is 23.2 Å². The van der Waals surface area contributed by atoms with Crippen LogP contribution in [0.3, 0.4) is 0 Å². The van der Waals surface area contributed by atoms with E-state index in [-0.39, 0.29) is 17.9 Å². The number of carbonyl (C=O) groups is 2. The lowest BCUT2D eigenvalue weighted by Crippen LogP contribution is -2.52. The third-order valence-electron chi connectivity index (χ3n) is 4.98. The number of anilines is 1. The maximum Gasteiger partial charge on any atom is 0.249 e. The van der Waals surface area contributed by atoms with Gasteiger partial charge in [0.25, 0.3) is 0 Å². The zero-order valence-electron chi connectivity index (χ0n) is 15.5. The zero-order valence-corrected chi connectivity index (χ0v) is 16.3. The van der Waals surface area contributed by atoms with Crippen LogP contribution in [0.5, 0.6) is 0 Å². The molecule has 1 aliphatic heterocycles. The van der Waals surface area contributed by atoms with Gasteiger partial charge in [-0.25, -0.2) is 0 Å². The number of amides is 2. The van der Waals surface area contributed by atoms with Crippen LogP contribution in [-0.2, 0) is 22.6 Å². The highest BCUT2D eigenvalue weighted by molar-refractivity contribution is 6.31. The molecule has 6 heteroatoms. The van der Waals surface area contributed by atoms with Crippen LogP contribution in [0.4, 0.5) is 5.69 Å². The predicted molar refractivity (Wildman–Crippen MR) is 108 cm³/mol. The minimum absolute atomic E-state index is 0.114. The number of nitrogens with zero attached hydrogens (tertiary/aromatic N) is 1. The lowest BCUT2D eigenvalue weighted by Gasteiger charge is -2.27. The molecule has 0 fully saturated rings. The monoisotopic (exact) mass is 385 g/mol. The average Bonchev–Trinajstić information content (AvgIpc) is 2.81. The number of rotatable bonds is 5. The van der Waals surface area contributed by atoms with Crippen molar-refractivity contribution in [1.29, 1.82) is 0 Å². The van der Waals surface area contributed by atoms with Gasteiger partial charge < -0.3 is 15.5 Å². The highest BCUT2D eigenvalue weighted by atomic mass is 35.5. The second-order valence-corrected chi connectivity index (χ2v) is 7.16. The number of para-hydroxylation sites is 1. The molecule has 27 heavy (non-hydrogen) atoms. The van der Waals surface area contributed by atoms with Crippen molar-refractivity contribution in [3.8, 4) is 0 Å². The largest absolute Gasteiger partial charge is 0.343 e. The van der Waals surface area contributed by atoms with Gasteiger partial charge in [-0.05, 0) is 50.1 Å². The number of aryl methyl sites for hydroxylation is 1. The molecule has 2 amide bonds. The first-order valence-corrected chi connectivity index (χ1v) is 9.49. The van der Waals surface area contributed by atoms with E-state index in [1.807, 2.05) is 48.5 Å². The molecule has 2 N–H and O–H groups in total. The Hall–Kier alpha value is -2.37. The van der Waals surface area contributed by atoms with Crippen LogP contribution in [0, 0.1) is 0 Å². The van der Waals surface area contributed by atoms with Crippen molar-refractivity contribution in [3.05, 3.63) is 64.7 Å². The van der Waals surface area contributed by atoms with Crippen LogP contribution in [0.2, 0.25) is 5.02 Å². The Morgan fingerprint density at radius 3 is 2.67 bits per heavy atom. The molecule has 2 atom stereocenters. The van der Waals surface area contributed by atoms with Crippen molar-refractivity contribution < 1.29 is 9.59 Å². The van der Waals surface area contributed by atoms with Gasteiger partial charge in [0.1, 0.15) is 6.04 Å². The Balaban J connectivity index is 1.92. The number of nitrogens with one attached hydrogen (secondary N) is 2. The van der Waals surface area contributed by atoms with E-state index in [1.54, 1.807) is 18.9 Å². The van der Waals surface area contributed by atoms with Gasteiger partial charge in [0.2, 0.25) is 11.8 Å². The summed E-state index contributed by atoms with van der Waals surface area (Å²) in [6.07, 6.45) is 1.29. The van der Waals surface area contributed by atoms with Crippen LogP contribution in [0.1, 0.15) is 24.5 Å². The second-order valence-electron chi connectivity index (χ2n) is 6.75. The predicted octanol–water partition coefficient (Wildman–Crippen LogP) is 2.91. The maximum absolute atomic E-state index is 13.3. The van der Waals surface area contributed by atoms with Crippen molar-refractivity contribution in [2.75, 3.05) is 11.9 Å². The molecule has 1 heterocycles. The summed E-state index contributed by atoms with van der Waals surface area (Å²) in [4.78, 5) is 27.4. The molecule has 1 unspecified atom stereocenters. The number of hydrogen-bond donors (Lipinski definition) is 2. The first-order chi connectivity index (χ1) is 13.0. The quantitative estimate of drug-likeness (QED) is 0.831. The van der Waals surface area contributed by atoms with Gasteiger partial charge in [0, 0.05) is 10.7 Å². The lowest BCUT2D eigenvalue weighted by atomic mass is 10.1. The summed E-state index contributed by atoms with van der Waals surface area (Å²) in [5, 5.41) is 6.43. The molecular weight excluding hydrogens is 362 g/mol. The molecule has 1 aliphatic rings. The summed E-state index contributed by atoms with van der Waals surface area (Å²) >= 11 is 6.32. The molecule has 0 saturated heterocycles. The third kappa shape index (κ3) is 4.31. The molecule has 0 bridgehead atoms. The van der Waals surface area contributed by atoms with Gasteiger partial charge in [0.15, 0.2) is 0 Å². The van der Waals surface area contributed by atoms with E-state index >= 15 is 0 Å². The fourth-order valence-electron chi connectivity index (χ4n) is 3.24. The van der Waals surface area contributed by atoms with Gasteiger partial charge >= 0.3 is 0 Å². The molecular formula is C21H24ClN3O2. The minimum Gasteiger partial charge on any atom is -0.343 e. The fourth-order valence-corrected chi connectivity index (χ4v) is 3.43. The summed E-state index contributed by atoms with van der Waals surface area (Å²) in [5.41, 5.74) is 2.84. The van der Waals surface area contributed by atoms with Crippen LogP contribution < -0.4 is 15.5 Å². The second kappa shape index (κ2) is 8.55. The van der Waals surface area contributed by atoms with Crippen molar-refractivity contribution in [2.24, 2.45) is 0 Å². The molecule has 3 rings (SSSR count). The van der Waals surface area contributed by atoms with E-state index < -0.39 is 6.04 Å². The highest BCUT2D eigenvalue weighted by Gasteiger charge is 2.32. The van der Waals surface area contributed by atoms with Crippen molar-refractivity contribution in [1.82, 2.24) is 10.6 Å². The van der Waals surface area contributed by atoms with Crippen LogP contribution in [-0.4, -0.2) is 30.9 Å². The van der Waals surface area contributed by atoms with E-state index in [1.165, 1.54) is 0 Å². The van der Waals surface area contributed by atoms with E-state index in [0.29, 0.717) is 18.0 Å². The summed E-state index contributed by atoms with van der Waals surface area (Å²) in [5.74, 6) is -0.295. The minimum atomic E-state index is -0.566. The van der Waals surface area contributed by atoms with Gasteiger partial charge in [-0.2, -0.15) is 0 Å². The molecule has 142 valence electrons. The molecule has 2 aromatic rings. The highest BCUT2D eigenvalue weighted by Crippen LogP contribution is 2.30. The number of benzene rings is 2. The van der Waals surface area contributed by atoms with Crippen LogP contribution in [0.15, 0.2) is 48.5 Å². The van der Waals surface area contributed by atoms with Gasteiger partial charge in [0.05, 0.1) is 12.6 Å². The molecule has 5 nitrogen and oxygen atoms in total. The maximum atomic E-state index is 13.3. The molecule has 0 aliphatic carbocycles. The fraction of sp³-hybridized carbons (Fsp3) is 0.333. The molecule has 0 aromatic heterocycles. The molecule has 0 radical (unpaired) electrons. The Bertz CT molecular complexity index is 840. The van der Waals surface area contributed by atoms with E-state index in [2.05, 4.69) is 10.6 Å². The number of halogens is 1. The Kier molecular flexibility index (Phi) is 6.14.